The molecule has 1 atom stereocenters. The standard InChI is InChI=1S/C17H19N3O2/c1-20-6-4-11(5-7-20)14-9-18-15-3-2-12(8-13(14)15)16-10-22-17(21)19-16/h2-4,8-9,16,18H,5-7,10H2,1H3,(H,19,21). The molecule has 2 aliphatic heterocycles. The molecular formula is C17H19N3O2. The van der Waals surface area contributed by atoms with Crippen LogP contribution in [0.25, 0.3) is 16.5 Å². The van der Waals surface area contributed by atoms with Gasteiger partial charge in [0.15, 0.2) is 0 Å². The predicted molar refractivity (Wildman–Crippen MR) is 85.6 cm³/mol. The van der Waals surface area contributed by atoms with Crippen LogP contribution < -0.4 is 5.32 Å². The number of aromatic amines is 1. The topological polar surface area (TPSA) is 57.4 Å². The van der Waals surface area contributed by atoms with Crippen molar-refractivity contribution in [3.05, 3.63) is 41.6 Å². The van der Waals surface area contributed by atoms with Gasteiger partial charge in [-0.05, 0) is 36.7 Å². The van der Waals surface area contributed by atoms with Crippen LogP contribution in [0.3, 0.4) is 0 Å². The van der Waals surface area contributed by atoms with Crippen LogP contribution in [0.1, 0.15) is 23.6 Å². The minimum atomic E-state index is -0.336. The number of hydrogen-bond acceptors (Lipinski definition) is 3. The van der Waals surface area contributed by atoms with Crippen molar-refractivity contribution in [2.24, 2.45) is 0 Å². The Bertz CT molecular complexity index is 762. The van der Waals surface area contributed by atoms with E-state index in [0.717, 1.165) is 30.6 Å². The zero-order valence-corrected chi connectivity index (χ0v) is 12.6. The number of fused-ring (bicyclic) bond motifs is 1. The molecule has 1 amide bonds. The second-order valence-corrected chi connectivity index (χ2v) is 6.04. The molecule has 0 aliphatic carbocycles. The second kappa shape index (κ2) is 5.18. The van der Waals surface area contributed by atoms with E-state index >= 15 is 0 Å². The molecule has 1 fully saturated rings. The predicted octanol–water partition coefficient (Wildman–Crippen LogP) is 2.67. The minimum Gasteiger partial charge on any atom is -0.447 e. The number of H-pyrrole nitrogens is 1. The summed E-state index contributed by atoms with van der Waals surface area (Å²) < 4.78 is 5.00. The molecule has 1 aromatic carbocycles. The molecule has 4 rings (SSSR count). The summed E-state index contributed by atoms with van der Waals surface area (Å²) in [5.74, 6) is 0. The van der Waals surface area contributed by atoms with E-state index in [1.165, 1.54) is 16.5 Å². The monoisotopic (exact) mass is 297 g/mol. The van der Waals surface area contributed by atoms with Crippen molar-refractivity contribution >= 4 is 22.6 Å². The number of hydrogen-bond donors (Lipinski definition) is 2. The number of alkyl carbamates (subject to hydrolysis) is 1. The van der Waals surface area contributed by atoms with Gasteiger partial charge in [-0.3, -0.25) is 0 Å². The first-order valence-electron chi connectivity index (χ1n) is 7.63. The maximum atomic E-state index is 11.2. The van der Waals surface area contributed by atoms with Gasteiger partial charge in [-0.1, -0.05) is 12.1 Å². The third-order valence-corrected chi connectivity index (χ3v) is 4.54. The van der Waals surface area contributed by atoms with Crippen molar-refractivity contribution in [3.63, 3.8) is 0 Å². The Morgan fingerprint density at radius 2 is 2.27 bits per heavy atom. The van der Waals surface area contributed by atoms with Crippen molar-refractivity contribution in [2.45, 2.75) is 12.5 Å². The van der Waals surface area contributed by atoms with Crippen LogP contribution in [0.4, 0.5) is 4.79 Å². The van der Waals surface area contributed by atoms with Crippen LogP contribution >= 0.6 is 0 Å². The molecule has 2 aliphatic rings. The quantitative estimate of drug-likeness (QED) is 0.896. The van der Waals surface area contributed by atoms with Gasteiger partial charge in [0.25, 0.3) is 0 Å². The number of amides is 1. The van der Waals surface area contributed by atoms with Gasteiger partial charge in [0.1, 0.15) is 6.61 Å². The number of carbonyl (C=O) groups is 1. The summed E-state index contributed by atoms with van der Waals surface area (Å²) in [6.07, 6.45) is 5.13. The molecule has 2 N–H and O–H groups in total. The summed E-state index contributed by atoms with van der Waals surface area (Å²) in [7, 11) is 2.14. The molecule has 3 heterocycles. The first-order valence-corrected chi connectivity index (χ1v) is 7.63. The van der Waals surface area contributed by atoms with E-state index in [0.29, 0.717) is 6.61 Å². The first kappa shape index (κ1) is 13.4. The number of nitrogens with one attached hydrogen (secondary N) is 2. The zero-order valence-electron chi connectivity index (χ0n) is 12.6. The Labute approximate surface area is 128 Å². The van der Waals surface area contributed by atoms with Crippen molar-refractivity contribution in [2.75, 3.05) is 26.7 Å². The number of carbonyl (C=O) groups excluding carboxylic acids is 1. The summed E-state index contributed by atoms with van der Waals surface area (Å²) in [4.78, 5) is 16.9. The van der Waals surface area contributed by atoms with Gasteiger partial charge in [0.05, 0.1) is 6.04 Å². The van der Waals surface area contributed by atoms with Gasteiger partial charge in [-0.25, -0.2) is 4.79 Å². The van der Waals surface area contributed by atoms with Crippen LogP contribution in [-0.4, -0.2) is 42.7 Å². The van der Waals surface area contributed by atoms with Crippen LogP contribution in [0.5, 0.6) is 0 Å². The van der Waals surface area contributed by atoms with Crippen LogP contribution in [0.2, 0.25) is 0 Å². The molecule has 1 saturated heterocycles. The SMILES string of the molecule is CN1CC=C(c2c[nH]c3ccc(C4COC(=O)N4)cc23)CC1. The lowest BCUT2D eigenvalue weighted by molar-refractivity contribution is 0.177. The van der Waals surface area contributed by atoms with E-state index in [9.17, 15) is 4.79 Å². The van der Waals surface area contributed by atoms with Crippen LogP contribution in [0, 0.1) is 0 Å². The van der Waals surface area contributed by atoms with Gasteiger partial charge >= 0.3 is 6.09 Å². The lowest BCUT2D eigenvalue weighted by Gasteiger charge is -2.21. The molecule has 1 unspecified atom stereocenters. The minimum absolute atomic E-state index is 0.0499. The molecule has 0 bridgehead atoms. The number of ether oxygens (including phenoxy) is 1. The fourth-order valence-electron chi connectivity index (χ4n) is 3.20. The van der Waals surface area contributed by atoms with E-state index in [-0.39, 0.29) is 12.1 Å². The smallest absolute Gasteiger partial charge is 0.407 e. The maximum Gasteiger partial charge on any atom is 0.407 e. The van der Waals surface area contributed by atoms with E-state index in [4.69, 9.17) is 4.74 Å². The Hall–Kier alpha value is -2.27. The van der Waals surface area contributed by atoms with Gasteiger partial charge in [-0.2, -0.15) is 0 Å². The molecule has 1 aromatic heterocycles. The summed E-state index contributed by atoms with van der Waals surface area (Å²) >= 11 is 0. The van der Waals surface area contributed by atoms with Crippen molar-refractivity contribution < 1.29 is 9.53 Å². The Kier molecular flexibility index (Phi) is 3.15. The maximum absolute atomic E-state index is 11.2. The van der Waals surface area contributed by atoms with Crippen LogP contribution in [0.15, 0.2) is 30.5 Å². The molecular weight excluding hydrogens is 278 g/mol. The van der Waals surface area contributed by atoms with E-state index < -0.39 is 0 Å². The highest BCUT2D eigenvalue weighted by Crippen LogP contribution is 2.31. The Morgan fingerprint density at radius 1 is 1.36 bits per heavy atom. The molecule has 22 heavy (non-hydrogen) atoms. The van der Waals surface area contributed by atoms with E-state index in [1.807, 2.05) is 6.07 Å². The van der Waals surface area contributed by atoms with Crippen molar-refractivity contribution in [3.8, 4) is 0 Å². The number of aromatic nitrogens is 1. The molecule has 0 saturated carbocycles. The summed E-state index contributed by atoms with van der Waals surface area (Å²) in [6.45, 7) is 2.48. The lowest BCUT2D eigenvalue weighted by atomic mass is 9.97. The van der Waals surface area contributed by atoms with Crippen LogP contribution in [-0.2, 0) is 4.74 Å². The fraction of sp³-hybridized carbons (Fsp3) is 0.353. The number of likely N-dealkylation sites (N-methyl/N-ethyl adjacent to an activating group) is 1. The Balaban J connectivity index is 1.72. The molecule has 114 valence electrons. The zero-order chi connectivity index (χ0) is 15.1. The average Bonchev–Trinajstić information content (AvgIpc) is 3.14. The van der Waals surface area contributed by atoms with E-state index in [2.05, 4.69) is 46.7 Å². The first-order chi connectivity index (χ1) is 10.7. The molecule has 2 aromatic rings. The number of rotatable bonds is 2. The van der Waals surface area contributed by atoms with Gasteiger partial charge in [-0.15, -0.1) is 0 Å². The summed E-state index contributed by atoms with van der Waals surface area (Å²) in [5.41, 5.74) is 4.89. The van der Waals surface area contributed by atoms with Gasteiger partial charge in [0, 0.05) is 35.8 Å². The number of benzene rings is 1. The highest BCUT2D eigenvalue weighted by Gasteiger charge is 2.24. The largest absolute Gasteiger partial charge is 0.447 e. The van der Waals surface area contributed by atoms with Gasteiger partial charge < -0.3 is 19.9 Å². The summed E-state index contributed by atoms with van der Waals surface area (Å²) in [6, 6.07) is 6.24. The normalized spacial score (nSPS) is 22.5. The third kappa shape index (κ3) is 2.27. The Morgan fingerprint density at radius 3 is 3.00 bits per heavy atom. The highest BCUT2D eigenvalue weighted by atomic mass is 16.6. The molecule has 0 spiro atoms. The number of cyclic esters (lactones) is 1. The summed E-state index contributed by atoms with van der Waals surface area (Å²) in [5, 5.41) is 4.06. The number of nitrogens with zero attached hydrogens (tertiary/aromatic N) is 1. The molecule has 0 radical (unpaired) electrons. The van der Waals surface area contributed by atoms with Crippen molar-refractivity contribution in [1.82, 2.24) is 15.2 Å². The molecule has 5 heteroatoms. The fourth-order valence-corrected chi connectivity index (χ4v) is 3.20. The average molecular weight is 297 g/mol. The van der Waals surface area contributed by atoms with E-state index in [1.54, 1.807) is 0 Å². The third-order valence-electron chi connectivity index (χ3n) is 4.54. The second-order valence-electron chi connectivity index (χ2n) is 6.04. The highest BCUT2D eigenvalue weighted by molar-refractivity contribution is 5.93. The van der Waals surface area contributed by atoms with Crippen molar-refractivity contribution in [1.29, 1.82) is 0 Å². The van der Waals surface area contributed by atoms with Gasteiger partial charge in [0.2, 0.25) is 0 Å². The molecule has 5 nitrogen and oxygen atoms in total. The lowest BCUT2D eigenvalue weighted by Crippen LogP contribution is -2.23.